The minimum Gasteiger partial charge on any atom is -0.640 e. The summed E-state index contributed by atoms with van der Waals surface area (Å²) >= 11 is 0. The summed E-state index contributed by atoms with van der Waals surface area (Å²) in [4.78, 5) is 58.5. The Hall–Kier alpha value is -2.00. The maximum absolute atomic E-state index is 12.6. The number of aliphatic hydroxyl groups is 1. The first-order valence-corrected chi connectivity index (χ1v) is 9.57. The molecule has 0 aliphatic carbocycles. The third kappa shape index (κ3) is 14.0. The van der Waals surface area contributed by atoms with E-state index in [2.05, 4.69) is 16.0 Å². The van der Waals surface area contributed by atoms with Gasteiger partial charge in [-0.2, -0.15) is 0 Å². The average Bonchev–Trinajstić information content (AvgIpc) is 2.62. The average molecular weight is 656 g/mol. The molecule has 3 unspecified atom stereocenters. The molecule has 33 heavy (non-hydrogen) atoms. The largest absolute Gasteiger partial charge is 0.640 e. The van der Waals surface area contributed by atoms with Gasteiger partial charge in [-0.1, -0.05) is 27.7 Å². The van der Waals surface area contributed by atoms with Crippen molar-refractivity contribution < 1.29 is 60.4 Å². The van der Waals surface area contributed by atoms with Gasteiger partial charge in [-0.15, -0.1) is 0 Å². The molecule has 3 amide bonds. The molecule has 0 rings (SSSR count). The van der Waals surface area contributed by atoms with Crippen LogP contribution >= 0.6 is 0 Å². The third-order valence-electron chi connectivity index (χ3n) is 4.69. The number of rotatable bonds is 13. The summed E-state index contributed by atoms with van der Waals surface area (Å²) < 4.78 is 0. The van der Waals surface area contributed by atoms with Gasteiger partial charge < -0.3 is 50.9 Å². The van der Waals surface area contributed by atoms with Gasteiger partial charge in [0.1, 0.15) is 0 Å². The molecule has 0 spiro atoms. The molecule has 0 aliphatic rings. The second-order valence-corrected chi connectivity index (χ2v) is 8.19. The van der Waals surface area contributed by atoms with Gasteiger partial charge in [-0.25, -0.2) is 0 Å². The summed E-state index contributed by atoms with van der Waals surface area (Å²) in [5, 5.41) is 35.2. The van der Waals surface area contributed by atoms with Gasteiger partial charge in [0.25, 0.3) is 5.97 Å². The van der Waals surface area contributed by atoms with E-state index in [0.717, 1.165) is 0 Å². The predicted octanol–water partition coefficient (Wildman–Crippen LogP) is 1.16. The van der Waals surface area contributed by atoms with E-state index in [0.29, 0.717) is 6.42 Å². The Morgan fingerprint density at radius 2 is 1.48 bits per heavy atom. The summed E-state index contributed by atoms with van der Waals surface area (Å²) in [6.07, 6.45) is -0.983. The molecule has 0 bridgehead atoms. The van der Waals surface area contributed by atoms with Gasteiger partial charge in [0.05, 0.1) is 18.6 Å². The number of nitrogens with zero attached hydrogens (tertiary/aromatic N) is 1. The van der Waals surface area contributed by atoms with Crippen molar-refractivity contribution in [1.82, 2.24) is 10.6 Å². The fourth-order valence-corrected chi connectivity index (χ4v) is 2.84. The first-order chi connectivity index (χ1) is 13.6. The van der Waals surface area contributed by atoms with Crippen LogP contribution < -0.4 is 10.6 Å². The van der Waals surface area contributed by atoms with Gasteiger partial charge in [0, 0.05) is 44.9 Å². The van der Waals surface area contributed by atoms with E-state index in [1.54, 1.807) is 27.7 Å². The molecule has 198 valence electrons. The minimum atomic E-state index is -1.74. The number of carboxylic acid groups (broad SMARTS) is 2. The van der Waals surface area contributed by atoms with E-state index in [-0.39, 0.29) is 54.8 Å². The van der Waals surface area contributed by atoms with Crippen LogP contribution in [0.5, 0.6) is 0 Å². The van der Waals surface area contributed by atoms with Gasteiger partial charge >= 0.3 is 5.97 Å². The Bertz CT molecular complexity index is 670. The zero-order valence-electron chi connectivity index (χ0n) is 20.3. The molecule has 0 saturated carbocycles. The van der Waals surface area contributed by atoms with E-state index in [9.17, 15) is 29.1 Å². The van der Waals surface area contributed by atoms with E-state index < -0.39 is 59.7 Å². The Morgan fingerprint density at radius 3 is 1.88 bits per heavy atom. The predicted molar refractivity (Wildman–Crippen MR) is 119 cm³/mol. The number of aliphatic hydroxyl groups excluding tert-OH is 1. The molecule has 11 nitrogen and oxygen atoms in total. The summed E-state index contributed by atoms with van der Waals surface area (Å²) in [5.74, 6) is -4.80. The smallest absolute Gasteiger partial charge is 0.302 e. The van der Waals surface area contributed by atoms with E-state index in [1.165, 1.54) is 6.92 Å². The van der Waals surface area contributed by atoms with E-state index in [1.807, 2.05) is 0 Å². The first-order valence-electron chi connectivity index (χ1n) is 9.57. The normalized spacial score (nSPS) is 13.9. The van der Waals surface area contributed by atoms with Crippen molar-refractivity contribution in [3.05, 3.63) is 20.2 Å². The fraction of sp³-hybridized carbons (Fsp3) is 0.667. The van der Waals surface area contributed by atoms with Crippen LogP contribution in [0.4, 0.5) is 0 Å². The minimum absolute atomic E-state index is 0. The molecule has 0 aromatic heterocycles. The number of carbonyl (C=O) groups is 5. The molecule has 3 atom stereocenters. The molecule has 5 N–H and O–H groups in total. The number of nitrogens with one attached hydrogen (secondary N) is 2. The van der Waals surface area contributed by atoms with Crippen LogP contribution in [0.3, 0.4) is 0 Å². The molecule has 0 fully saturated rings. The first kappa shape index (κ1) is 38.3. The zero-order chi connectivity index (χ0) is 23.7. The fourth-order valence-electron chi connectivity index (χ4n) is 2.84. The number of carbonyl (C=O) groups excluding carboxylic acids is 3. The van der Waals surface area contributed by atoms with Crippen molar-refractivity contribution in [2.45, 2.75) is 66.0 Å². The maximum atomic E-state index is 12.6. The molecule has 0 aliphatic heterocycles. The van der Waals surface area contributed by atoms with E-state index >= 15 is 0 Å². The summed E-state index contributed by atoms with van der Waals surface area (Å²) in [5.41, 5.74) is -1.96. The van der Waals surface area contributed by atoms with Crippen molar-refractivity contribution in [3.8, 4) is 0 Å². The molecule has 0 aromatic carbocycles. The monoisotopic (exact) mass is 655 g/mol. The molecule has 0 heterocycles. The Balaban J connectivity index is -0.00000140. The van der Waals surface area contributed by atoms with Crippen LogP contribution in [0.25, 0.3) is 5.32 Å². The van der Waals surface area contributed by atoms with Crippen molar-refractivity contribution in [3.63, 3.8) is 0 Å². The molecular formula is C21H38N3O8Pt-3. The number of hydrogen-bond donors (Lipinski definition) is 5. The molecule has 0 aromatic rings. The van der Waals surface area contributed by atoms with Crippen LogP contribution in [-0.2, 0) is 45.0 Å². The van der Waals surface area contributed by atoms with Crippen molar-refractivity contribution >= 4 is 29.7 Å². The Kier molecular flexibility index (Phi) is 19.2. The van der Waals surface area contributed by atoms with Crippen molar-refractivity contribution in [2.75, 3.05) is 13.1 Å². The van der Waals surface area contributed by atoms with Crippen molar-refractivity contribution in [2.24, 2.45) is 10.8 Å². The third-order valence-corrected chi connectivity index (χ3v) is 4.69. The van der Waals surface area contributed by atoms with Crippen LogP contribution in [0.1, 0.15) is 53.9 Å². The maximum Gasteiger partial charge on any atom is 0.302 e. The summed E-state index contributed by atoms with van der Waals surface area (Å²) in [7, 11) is 0. The summed E-state index contributed by atoms with van der Waals surface area (Å²) in [6, 6.07) is -1.74. The van der Waals surface area contributed by atoms with E-state index in [4.69, 9.17) is 10.2 Å². The van der Waals surface area contributed by atoms with Gasteiger partial charge in [0.2, 0.25) is 11.8 Å². The molecule has 0 radical (unpaired) electrons. The quantitative estimate of drug-likeness (QED) is 0.183. The van der Waals surface area contributed by atoms with Crippen LogP contribution in [0.15, 0.2) is 0 Å². The number of amides is 3. The summed E-state index contributed by atoms with van der Waals surface area (Å²) in [6.45, 7) is 7.72. The Morgan fingerprint density at radius 1 is 0.970 bits per heavy atom. The molecule has 12 heteroatoms. The molecule has 0 saturated heterocycles. The van der Waals surface area contributed by atoms with Crippen LogP contribution in [-0.4, -0.2) is 70.2 Å². The van der Waals surface area contributed by atoms with Gasteiger partial charge in [-0.05, 0) is 25.8 Å². The van der Waals surface area contributed by atoms with Crippen molar-refractivity contribution in [1.29, 1.82) is 0 Å². The number of aliphatic carboxylic acids is 2. The SMILES string of the molecule is CCC(C)(CC(C)(C)C(=O)NCC(=O)[N-]C(CC(=O)O)C(=O)O)C(=O)NCC(C)O.[CH3-].[CH3-].[Pt]. The number of carboxylic acids is 2. The van der Waals surface area contributed by atoms with Crippen LogP contribution in [0.2, 0.25) is 0 Å². The van der Waals surface area contributed by atoms with Gasteiger partial charge in [-0.3, -0.25) is 19.2 Å². The second kappa shape index (κ2) is 16.6. The molecular weight excluding hydrogens is 617 g/mol. The topological polar surface area (TPSA) is 184 Å². The zero-order valence-corrected chi connectivity index (χ0v) is 22.6. The Labute approximate surface area is 210 Å². The number of hydrogen-bond acceptors (Lipinski definition) is 6. The second-order valence-electron chi connectivity index (χ2n) is 8.19. The van der Waals surface area contributed by atoms with Crippen LogP contribution in [0, 0.1) is 25.7 Å². The van der Waals surface area contributed by atoms with Gasteiger partial charge in [0.15, 0.2) is 0 Å². The standard InChI is InChI=1S/C19H33N3O8.2CH3.Pt/c1-6-19(5,17(30)20-8-11(2)23)10-18(3,4)16(29)21-9-13(24)22-12(15(27)28)7-14(25)26;;;/h11-12,23H,6-10H2,1-5H3,(H5,20,21,22,24,25,26,27,28,29,30);2*1H3;/q;2*-1;/p-1.